The summed E-state index contributed by atoms with van der Waals surface area (Å²) in [5.74, 6) is 1.54. The van der Waals surface area contributed by atoms with Crippen LogP contribution < -0.4 is 4.74 Å². The van der Waals surface area contributed by atoms with Gasteiger partial charge in [-0.1, -0.05) is 26.0 Å². The second kappa shape index (κ2) is 6.79. The van der Waals surface area contributed by atoms with Gasteiger partial charge in [-0.3, -0.25) is 0 Å². The Morgan fingerprint density at radius 3 is 2.00 bits per heavy atom. The minimum absolute atomic E-state index is 0.243. The molecule has 0 amide bonds. The third-order valence-electron chi connectivity index (χ3n) is 3.44. The van der Waals surface area contributed by atoms with Crippen LogP contribution >= 0.6 is 0 Å². The maximum absolute atomic E-state index is 5.94. The Hall–Kier alpha value is -1.02. The number of hydrogen-bond donors (Lipinski definition) is 0. The van der Waals surface area contributed by atoms with Gasteiger partial charge in [0.25, 0.3) is 0 Å². The van der Waals surface area contributed by atoms with Gasteiger partial charge in [0.15, 0.2) is 0 Å². The summed E-state index contributed by atoms with van der Waals surface area (Å²) in [5.41, 5.74) is 1.36. The molecule has 0 bridgehead atoms. The van der Waals surface area contributed by atoms with E-state index in [0.29, 0.717) is 12.0 Å². The van der Waals surface area contributed by atoms with Crippen molar-refractivity contribution in [3.05, 3.63) is 29.8 Å². The van der Waals surface area contributed by atoms with E-state index in [4.69, 9.17) is 4.74 Å². The molecule has 0 aliphatic heterocycles. The molecule has 0 aromatic heterocycles. The standard InChI is InChI=1S/C16H27NO/c1-12(2)15-7-9-16(10-8-15)18-14(4)11-13(3)17(5)6/h7-10,12-14H,11H2,1-6H3. The van der Waals surface area contributed by atoms with Gasteiger partial charge in [-0.15, -0.1) is 0 Å². The Kier molecular flexibility index (Phi) is 5.67. The first-order valence-electron chi connectivity index (χ1n) is 6.83. The van der Waals surface area contributed by atoms with Gasteiger partial charge in [0, 0.05) is 6.04 Å². The highest BCUT2D eigenvalue weighted by molar-refractivity contribution is 5.29. The first kappa shape index (κ1) is 15.0. The van der Waals surface area contributed by atoms with Gasteiger partial charge in [-0.25, -0.2) is 0 Å². The smallest absolute Gasteiger partial charge is 0.119 e. The lowest BCUT2D eigenvalue weighted by atomic mass is 10.0. The van der Waals surface area contributed by atoms with Crippen molar-refractivity contribution in [3.63, 3.8) is 0 Å². The molecule has 2 atom stereocenters. The predicted octanol–water partition coefficient (Wildman–Crippen LogP) is 3.92. The molecule has 0 heterocycles. The molecular weight excluding hydrogens is 222 g/mol. The van der Waals surface area contributed by atoms with Crippen LogP contribution in [0.5, 0.6) is 5.75 Å². The molecule has 1 aromatic carbocycles. The second-order valence-corrected chi connectivity index (χ2v) is 5.70. The van der Waals surface area contributed by atoms with Crippen LogP contribution in [0.1, 0.15) is 45.6 Å². The molecule has 0 saturated heterocycles. The van der Waals surface area contributed by atoms with Crippen molar-refractivity contribution < 1.29 is 4.74 Å². The van der Waals surface area contributed by atoms with Crippen LogP contribution in [0.25, 0.3) is 0 Å². The zero-order valence-electron chi connectivity index (χ0n) is 12.6. The lowest BCUT2D eigenvalue weighted by Crippen LogP contribution is -2.30. The quantitative estimate of drug-likeness (QED) is 0.757. The summed E-state index contributed by atoms with van der Waals surface area (Å²) in [7, 11) is 4.21. The van der Waals surface area contributed by atoms with Crippen molar-refractivity contribution in [2.75, 3.05) is 14.1 Å². The molecular formula is C16H27NO. The van der Waals surface area contributed by atoms with Crippen molar-refractivity contribution in [3.8, 4) is 5.75 Å². The fourth-order valence-corrected chi connectivity index (χ4v) is 1.90. The lowest BCUT2D eigenvalue weighted by molar-refractivity contribution is 0.165. The van der Waals surface area contributed by atoms with Crippen molar-refractivity contribution >= 4 is 0 Å². The SMILES string of the molecule is CC(CC(C)N(C)C)Oc1ccc(C(C)C)cc1. The van der Waals surface area contributed by atoms with Crippen LogP contribution in [0.4, 0.5) is 0 Å². The molecule has 0 fully saturated rings. The molecule has 102 valence electrons. The summed E-state index contributed by atoms with van der Waals surface area (Å²) in [4.78, 5) is 2.22. The number of hydrogen-bond acceptors (Lipinski definition) is 2. The van der Waals surface area contributed by atoms with E-state index in [1.54, 1.807) is 0 Å². The lowest BCUT2D eigenvalue weighted by Gasteiger charge is -2.24. The minimum Gasteiger partial charge on any atom is -0.491 e. The summed E-state index contributed by atoms with van der Waals surface area (Å²) < 4.78 is 5.94. The van der Waals surface area contributed by atoms with E-state index in [9.17, 15) is 0 Å². The van der Waals surface area contributed by atoms with Crippen LogP contribution in [-0.4, -0.2) is 31.1 Å². The highest BCUT2D eigenvalue weighted by Gasteiger charge is 2.11. The summed E-state index contributed by atoms with van der Waals surface area (Å²) >= 11 is 0. The molecule has 0 aliphatic carbocycles. The zero-order valence-corrected chi connectivity index (χ0v) is 12.6. The van der Waals surface area contributed by atoms with Crippen LogP contribution in [-0.2, 0) is 0 Å². The van der Waals surface area contributed by atoms with Crippen LogP contribution in [0.15, 0.2) is 24.3 Å². The van der Waals surface area contributed by atoms with E-state index in [0.717, 1.165) is 12.2 Å². The highest BCUT2D eigenvalue weighted by atomic mass is 16.5. The molecule has 0 aliphatic rings. The van der Waals surface area contributed by atoms with E-state index >= 15 is 0 Å². The highest BCUT2D eigenvalue weighted by Crippen LogP contribution is 2.20. The van der Waals surface area contributed by atoms with E-state index < -0.39 is 0 Å². The predicted molar refractivity (Wildman–Crippen MR) is 78.4 cm³/mol. The second-order valence-electron chi connectivity index (χ2n) is 5.70. The molecule has 2 unspecified atom stereocenters. The topological polar surface area (TPSA) is 12.5 Å². The van der Waals surface area contributed by atoms with Crippen molar-refractivity contribution in [1.29, 1.82) is 0 Å². The van der Waals surface area contributed by atoms with Gasteiger partial charge in [0.2, 0.25) is 0 Å². The summed E-state index contributed by atoms with van der Waals surface area (Å²) in [6, 6.07) is 9.00. The van der Waals surface area contributed by atoms with Gasteiger partial charge >= 0.3 is 0 Å². The Labute approximate surface area is 112 Å². The average Bonchev–Trinajstić information content (AvgIpc) is 2.29. The summed E-state index contributed by atoms with van der Waals surface area (Å²) in [6.07, 6.45) is 1.28. The Morgan fingerprint density at radius 1 is 1.00 bits per heavy atom. The van der Waals surface area contributed by atoms with Crippen molar-refractivity contribution in [1.82, 2.24) is 4.90 Å². The molecule has 0 saturated carbocycles. The molecule has 2 heteroatoms. The monoisotopic (exact) mass is 249 g/mol. The third-order valence-corrected chi connectivity index (χ3v) is 3.44. The van der Waals surface area contributed by atoms with E-state index in [2.05, 4.69) is 71.0 Å². The van der Waals surface area contributed by atoms with E-state index in [1.807, 2.05) is 0 Å². The molecule has 0 spiro atoms. The summed E-state index contributed by atoms with van der Waals surface area (Å²) in [5, 5.41) is 0. The molecule has 0 radical (unpaired) electrons. The maximum Gasteiger partial charge on any atom is 0.119 e. The molecule has 1 rings (SSSR count). The Balaban J connectivity index is 2.51. The fourth-order valence-electron chi connectivity index (χ4n) is 1.90. The molecule has 1 aromatic rings. The van der Waals surface area contributed by atoms with Crippen molar-refractivity contribution in [2.24, 2.45) is 0 Å². The average molecular weight is 249 g/mol. The summed E-state index contributed by atoms with van der Waals surface area (Å²) in [6.45, 7) is 8.77. The number of ether oxygens (including phenoxy) is 1. The third kappa shape index (κ3) is 4.69. The number of rotatable bonds is 6. The first-order valence-corrected chi connectivity index (χ1v) is 6.83. The van der Waals surface area contributed by atoms with Gasteiger partial charge in [-0.2, -0.15) is 0 Å². The van der Waals surface area contributed by atoms with Gasteiger partial charge in [0.1, 0.15) is 5.75 Å². The Morgan fingerprint density at radius 2 is 1.56 bits per heavy atom. The number of benzene rings is 1. The Bertz CT molecular complexity index is 343. The first-order chi connectivity index (χ1) is 8.40. The molecule has 2 nitrogen and oxygen atoms in total. The fraction of sp³-hybridized carbons (Fsp3) is 0.625. The van der Waals surface area contributed by atoms with Gasteiger partial charge < -0.3 is 9.64 Å². The van der Waals surface area contributed by atoms with Crippen LogP contribution in [0.2, 0.25) is 0 Å². The largest absolute Gasteiger partial charge is 0.491 e. The minimum atomic E-state index is 0.243. The van der Waals surface area contributed by atoms with Crippen molar-refractivity contribution in [2.45, 2.75) is 52.2 Å². The normalized spacial score (nSPS) is 14.9. The molecule has 18 heavy (non-hydrogen) atoms. The van der Waals surface area contributed by atoms with Gasteiger partial charge in [-0.05, 0) is 58.0 Å². The van der Waals surface area contributed by atoms with Crippen LogP contribution in [0.3, 0.4) is 0 Å². The van der Waals surface area contributed by atoms with E-state index in [-0.39, 0.29) is 6.10 Å². The zero-order chi connectivity index (χ0) is 13.7. The van der Waals surface area contributed by atoms with E-state index in [1.165, 1.54) is 5.56 Å². The number of nitrogens with zero attached hydrogens (tertiary/aromatic N) is 1. The van der Waals surface area contributed by atoms with Gasteiger partial charge in [0.05, 0.1) is 6.10 Å². The maximum atomic E-state index is 5.94. The van der Waals surface area contributed by atoms with Crippen LogP contribution in [0, 0.1) is 0 Å². The molecule has 0 N–H and O–H groups in total.